The van der Waals surface area contributed by atoms with E-state index in [-0.39, 0.29) is 26.3 Å². The molecule has 0 rings (SSSR count). The minimum Gasteiger partial charge on any atom is -0.409 e. The van der Waals surface area contributed by atoms with E-state index in [1.165, 1.54) is 12.0 Å². The summed E-state index contributed by atoms with van der Waals surface area (Å²) in [6.45, 7) is -0.300. The van der Waals surface area contributed by atoms with Crippen molar-refractivity contribution >= 4 is 5.84 Å². The van der Waals surface area contributed by atoms with Gasteiger partial charge in [-0.05, 0) is 0 Å². The van der Waals surface area contributed by atoms with Crippen LogP contribution in [0.15, 0.2) is 5.16 Å². The Labute approximate surface area is 103 Å². The van der Waals surface area contributed by atoms with Gasteiger partial charge in [0.1, 0.15) is 5.92 Å². The van der Waals surface area contributed by atoms with Gasteiger partial charge in [-0.3, -0.25) is 4.90 Å². The van der Waals surface area contributed by atoms with Crippen LogP contribution in [0, 0.1) is 5.92 Å². The number of oxime groups is 1. The van der Waals surface area contributed by atoms with E-state index in [2.05, 4.69) is 5.16 Å². The standard InChI is InChI=1S/C9H18F3N3O3/c1-18-5-3-15(2-4-16)6-7(8(13)14-17)9(10,11)12/h7,16-17H,2-6H2,1H3,(H2,13,14). The number of halogens is 3. The molecule has 9 heteroatoms. The first-order chi connectivity index (χ1) is 8.36. The highest BCUT2D eigenvalue weighted by molar-refractivity contribution is 5.83. The summed E-state index contributed by atoms with van der Waals surface area (Å²) in [5.41, 5.74) is 5.04. The molecule has 0 aromatic heterocycles. The molecule has 0 heterocycles. The average Bonchev–Trinajstić information content (AvgIpc) is 2.30. The lowest BCUT2D eigenvalue weighted by molar-refractivity contribution is -0.160. The Balaban J connectivity index is 4.70. The minimum atomic E-state index is -4.61. The van der Waals surface area contributed by atoms with Gasteiger partial charge in [-0.2, -0.15) is 13.2 Å². The van der Waals surface area contributed by atoms with E-state index in [4.69, 9.17) is 20.8 Å². The number of amidine groups is 1. The number of hydrogen-bond donors (Lipinski definition) is 3. The topological polar surface area (TPSA) is 91.3 Å². The van der Waals surface area contributed by atoms with Gasteiger partial charge in [0, 0.05) is 26.7 Å². The molecule has 0 bridgehead atoms. The normalized spacial score (nSPS) is 15.1. The lowest BCUT2D eigenvalue weighted by Crippen LogP contribution is -2.46. The van der Waals surface area contributed by atoms with E-state index < -0.39 is 24.5 Å². The quantitative estimate of drug-likeness (QED) is 0.248. The first-order valence-electron chi connectivity index (χ1n) is 5.23. The van der Waals surface area contributed by atoms with E-state index in [9.17, 15) is 13.2 Å². The maximum atomic E-state index is 12.7. The summed E-state index contributed by atoms with van der Waals surface area (Å²) in [5.74, 6) is -2.98. The van der Waals surface area contributed by atoms with Crippen LogP contribution in [0.1, 0.15) is 0 Å². The number of rotatable bonds is 8. The third-order valence-corrected chi connectivity index (χ3v) is 2.34. The molecule has 1 unspecified atom stereocenters. The number of ether oxygens (including phenoxy) is 1. The Morgan fingerprint density at radius 1 is 1.44 bits per heavy atom. The number of methoxy groups -OCH3 is 1. The molecule has 0 aromatic carbocycles. The fourth-order valence-corrected chi connectivity index (χ4v) is 1.35. The van der Waals surface area contributed by atoms with Crippen LogP contribution >= 0.6 is 0 Å². The molecule has 0 aromatic rings. The van der Waals surface area contributed by atoms with Crippen LogP contribution in [0.25, 0.3) is 0 Å². The summed E-state index contributed by atoms with van der Waals surface area (Å²) in [5, 5.41) is 19.5. The summed E-state index contributed by atoms with van der Waals surface area (Å²) in [4.78, 5) is 1.33. The zero-order chi connectivity index (χ0) is 14.2. The molecule has 0 spiro atoms. The number of nitrogens with two attached hydrogens (primary N) is 1. The van der Waals surface area contributed by atoms with Crippen LogP contribution < -0.4 is 5.73 Å². The number of hydrogen-bond acceptors (Lipinski definition) is 5. The van der Waals surface area contributed by atoms with Crippen molar-refractivity contribution < 1.29 is 28.2 Å². The predicted molar refractivity (Wildman–Crippen MR) is 58.4 cm³/mol. The fourth-order valence-electron chi connectivity index (χ4n) is 1.35. The van der Waals surface area contributed by atoms with Crippen LogP contribution in [0.4, 0.5) is 13.2 Å². The van der Waals surface area contributed by atoms with Gasteiger partial charge in [-0.1, -0.05) is 5.16 Å². The zero-order valence-corrected chi connectivity index (χ0v) is 10.0. The van der Waals surface area contributed by atoms with E-state index in [0.29, 0.717) is 0 Å². The van der Waals surface area contributed by atoms with E-state index in [1.807, 2.05) is 0 Å². The first-order valence-corrected chi connectivity index (χ1v) is 5.23. The molecule has 0 aliphatic heterocycles. The lowest BCUT2D eigenvalue weighted by atomic mass is 10.1. The molecule has 4 N–H and O–H groups in total. The molecule has 0 saturated heterocycles. The van der Waals surface area contributed by atoms with Gasteiger partial charge in [0.25, 0.3) is 0 Å². The Morgan fingerprint density at radius 3 is 2.44 bits per heavy atom. The van der Waals surface area contributed by atoms with Crippen LogP contribution in [-0.4, -0.2) is 67.2 Å². The largest absolute Gasteiger partial charge is 0.409 e. The van der Waals surface area contributed by atoms with Crippen LogP contribution in [0.3, 0.4) is 0 Å². The predicted octanol–water partition coefficient (Wildman–Crippen LogP) is -0.148. The summed E-state index contributed by atoms with van der Waals surface area (Å²) in [6.07, 6.45) is -4.61. The Kier molecular flexibility index (Phi) is 7.64. The SMILES string of the molecule is COCCN(CCO)CC(C(N)=NO)C(F)(F)F. The van der Waals surface area contributed by atoms with E-state index >= 15 is 0 Å². The molecule has 6 nitrogen and oxygen atoms in total. The maximum absolute atomic E-state index is 12.7. The number of nitrogens with zero attached hydrogens (tertiary/aromatic N) is 2. The highest BCUT2D eigenvalue weighted by Gasteiger charge is 2.43. The van der Waals surface area contributed by atoms with Gasteiger partial charge in [-0.15, -0.1) is 0 Å². The van der Waals surface area contributed by atoms with Crippen molar-refractivity contribution in [1.29, 1.82) is 0 Å². The van der Waals surface area contributed by atoms with Crippen molar-refractivity contribution in [1.82, 2.24) is 4.90 Å². The van der Waals surface area contributed by atoms with Gasteiger partial charge in [-0.25, -0.2) is 0 Å². The number of aliphatic hydroxyl groups excluding tert-OH is 1. The summed E-state index contributed by atoms with van der Waals surface area (Å²) >= 11 is 0. The van der Waals surface area contributed by atoms with E-state index in [1.54, 1.807) is 0 Å². The molecule has 1 atom stereocenters. The minimum absolute atomic E-state index is 0.0502. The van der Waals surface area contributed by atoms with Crippen molar-refractivity contribution in [3.8, 4) is 0 Å². The second-order valence-electron chi connectivity index (χ2n) is 3.64. The Bertz CT molecular complexity index is 261. The van der Waals surface area contributed by atoms with Crippen molar-refractivity contribution in [2.75, 3.05) is 40.0 Å². The maximum Gasteiger partial charge on any atom is 0.400 e. The molecule has 0 aliphatic rings. The van der Waals surface area contributed by atoms with Gasteiger partial charge in [0.05, 0.1) is 13.2 Å². The molecular formula is C9H18F3N3O3. The van der Waals surface area contributed by atoms with Gasteiger partial charge < -0.3 is 20.8 Å². The lowest BCUT2D eigenvalue weighted by Gasteiger charge is -2.27. The number of alkyl halides is 3. The molecule has 0 saturated carbocycles. The highest BCUT2D eigenvalue weighted by Crippen LogP contribution is 2.27. The average molecular weight is 273 g/mol. The fraction of sp³-hybridized carbons (Fsp3) is 0.889. The van der Waals surface area contributed by atoms with Crippen molar-refractivity contribution in [3.05, 3.63) is 0 Å². The summed E-state index contributed by atoms with van der Waals surface area (Å²) in [6, 6.07) is 0. The third kappa shape index (κ3) is 6.03. The Hall–Kier alpha value is -1.06. The van der Waals surface area contributed by atoms with Crippen LogP contribution in [0.5, 0.6) is 0 Å². The van der Waals surface area contributed by atoms with Gasteiger partial charge in [0.2, 0.25) is 0 Å². The highest BCUT2D eigenvalue weighted by atomic mass is 19.4. The van der Waals surface area contributed by atoms with Crippen molar-refractivity contribution in [2.45, 2.75) is 6.18 Å². The Morgan fingerprint density at radius 2 is 2.06 bits per heavy atom. The smallest absolute Gasteiger partial charge is 0.400 e. The monoisotopic (exact) mass is 273 g/mol. The van der Waals surface area contributed by atoms with E-state index in [0.717, 1.165) is 0 Å². The third-order valence-electron chi connectivity index (χ3n) is 2.34. The second kappa shape index (κ2) is 8.11. The molecule has 0 amide bonds. The van der Waals surface area contributed by atoms with Crippen LogP contribution in [0.2, 0.25) is 0 Å². The second-order valence-corrected chi connectivity index (χ2v) is 3.64. The van der Waals surface area contributed by atoms with Gasteiger partial charge in [0.15, 0.2) is 5.84 Å². The summed E-state index contributed by atoms with van der Waals surface area (Å²) in [7, 11) is 1.42. The molecule has 0 radical (unpaired) electrons. The van der Waals surface area contributed by atoms with Crippen LogP contribution in [-0.2, 0) is 4.74 Å². The molecule has 108 valence electrons. The van der Waals surface area contributed by atoms with Gasteiger partial charge >= 0.3 is 6.18 Å². The molecule has 0 fully saturated rings. The summed E-state index contributed by atoms with van der Waals surface area (Å²) < 4.78 is 42.8. The first kappa shape index (κ1) is 16.9. The zero-order valence-electron chi connectivity index (χ0n) is 10.0. The van der Waals surface area contributed by atoms with Crippen molar-refractivity contribution in [2.24, 2.45) is 16.8 Å². The van der Waals surface area contributed by atoms with Crippen molar-refractivity contribution in [3.63, 3.8) is 0 Å². The molecular weight excluding hydrogens is 255 g/mol. The number of aliphatic hydroxyl groups is 1. The molecule has 18 heavy (non-hydrogen) atoms. The molecule has 0 aliphatic carbocycles.